The highest BCUT2D eigenvalue weighted by atomic mass is 32.1. The minimum Gasteiger partial charge on any atom is -0.349 e. The van der Waals surface area contributed by atoms with Crippen LogP contribution in [0.1, 0.15) is 45.7 Å². The summed E-state index contributed by atoms with van der Waals surface area (Å²) in [6, 6.07) is 11.5. The number of imidazole rings is 1. The molecule has 1 aliphatic carbocycles. The number of nitrogens with one attached hydrogen (secondary N) is 2. The van der Waals surface area contributed by atoms with Gasteiger partial charge >= 0.3 is 0 Å². The molecule has 2 heterocycles. The van der Waals surface area contributed by atoms with Gasteiger partial charge in [0, 0.05) is 30.8 Å². The van der Waals surface area contributed by atoms with Gasteiger partial charge in [0.25, 0.3) is 5.91 Å². The van der Waals surface area contributed by atoms with E-state index in [1.54, 1.807) is 19.0 Å². The minimum atomic E-state index is -0.122. The van der Waals surface area contributed by atoms with Crippen LogP contribution in [0, 0.1) is 5.92 Å². The van der Waals surface area contributed by atoms with Gasteiger partial charge in [0.05, 0.1) is 22.0 Å². The molecule has 4 rings (SSSR count). The zero-order valence-corrected chi connectivity index (χ0v) is 16.3. The molecule has 0 saturated heterocycles. The fraction of sp³-hybridized carbons (Fsp3) is 0.350. The number of rotatable bonds is 5. The van der Waals surface area contributed by atoms with Crippen molar-refractivity contribution in [1.29, 1.82) is 0 Å². The Morgan fingerprint density at radius 3 is 2.78 bits per heavy atom. The smallest absolute Gasteiger partial charge is 0.263 e. The maximum absolute atomic E-state index is 12.6. The number of thiophene rings is 1. The van der Waals surface area contributed by atoms with Gasteiger partial charge in [0.15, 0.2) is 0 Å². The summed E-state index contributed by atoms with van der Waals surface area (Å²) in [6.07, 6.45) is 0.813. The van der Waals surface area contributed by atoms with Crippen LogP contribution in [0.25, 0.3) is 11.0 Å². The Labute approximate surface area is 161 Å². The van der Waals surface area contributed by atoms with Crippen LogP contribution in [-0.2, 0) is 4.79 Å². The molecule has 1 aromatic carbocycles. The van der Waals surface area contributed by atoms with Crippen molar-refractivity contribution >= 4 is 34.2 Å². The van der Waals surface area contributed by atoms with Crippen molar-refractivity contribution in [2.24, 2.45) is 5.92 Å². The first-order valence-corrected chi connectivity index (χ1v) is 9.82. The van der Waals surface area contributed by atoms with Crippen LogP contribution in [0.15, 0.2) is 36.4 Å². The number of hydrogen-bond donors (Lipinski definition) is 2. The van der Waals surface area contributed by atoms with Gasteiger partial charge in [-0.25, -0.2) is 4.98 Å². The molecule has 140 valence electrons. The van der Waals surface area contributed by atoms with Crippen molar-refractivity contribution < 1.29 is 9.59 Å². The lowest BCUT2D eigenvalue weighted by Crippen LogP contribution is -2.28. The van der Waals surface area contributed by atoms with Crippen LogP contribution in [-0.4, -0.2) is 40.8 Å². The number of carbonyl (C=O) groups is 2. The van der Waals surface area contributed by atoms with Crippen molar-refractivity contribution in [3.05, 3.63) is 52.0 Å². The molecule has 2 aromatic heterocycles. The molecule has 0 bridgehead atoms. The standard InChI is InChI=1S/C20H22N4O2S/c1-11(16-8-9-17(27-16)20(26)24(2)3)21-19(25)13-10-12(13)18-22-14-6-4-5-7-15(14)23-18/h4-9,11-13H,10H2,1-3H3,(H,21,25)(H,22,23)/t11?,12-,13-/m1/s1. The molecule has 1 saturated carbocycles. The first-order chi connectivity index (χ1) is 12.9. The van der Waals surface area contributed by atoms with Gasteiger partial charge in [0.1, 0.15) is 5.82 Å². The fourth-order valence-electron chi connectivity index (χ4n) is 3.25. The first kappa shape index (κ1) is 17.7. The molecule has 2 amide bonds. The summed E-state index contributed by atoms with van der Waals surface area (Å²) in [5.74, 6) is 1.02. The van der Waals surface area contributed by atoms with Gasteiger partial charge in [-0.3, -0.25) is 9.59 Å². The Hall–Kier alpha value is -2.67. The highest BCUT2D eigenvalue weighted by Gasteiger charge is 2.46. The highest BCUT2D eigenvalue weighted by Crippen LogP contribution is 2.47. The summed E-state index contributed by atoms with van der Waals surface area (Å²) in [4.78, 5) is 35.8. The van der Waals surface area contributed by atoms with Crippen LogP contribution in [0.2, 0.25) is 0 Å². The summed E-state index contributed by atoms with van der Waals surface area (Å²) in [5, 5.41) is 3.08. The largest absolute Gasteiger partial charge is 0.349 e. The van der Waals surface area contributed by atoms with Crippen LogP contribution in [0.3, 0.4) is 0 Å². The van der Waals surface area contributed by atoms with Crippen LogP contribution >= 0.6 is 11.3 Å². The summed E-state index contributed by atoms with van der Waals surface area (Å²) >= 11 is 1.43. The van der Waals surface area contributed by atoms with E-state index in [1.165, 1.54) is 11.3 Å². The molecule has 1 fully saturated rings. The molecule has 7 heteroatoms. The van der Waals surface area contributed by atoms with Gasteiger partial charge in [-0.2, -0.15) is 0 Å². The van der Waals surface area contributed by atoms with E-state index in [0.717, 1.165) is 28.2 Å². The monoisotopic (exact) mass is 382 g/mol. The van der Waals surface area contributed by atoms with Gasteiger partial charge in [0.2, 0.25) is 5.91 Å². The third-order valence-corrected chi connectivity index (χ3v) is 6.17. The molecule has 2 N–H and O–H groups in total. The number of H-pyrrole nitrogens is 1. The molecule has 6 nitrogen and oxygen atoms in total. The summed E-state index contributed by atoms with van der Waals surface area (Å²) in [5.41, 5.74) is 1.94. The van der Waals surface area contributed by atoms with Crippen LogP contribution < -0.4 is 5.32 Å². The van der Waals surface area contributed by atoms with Crippen molar-refractivity contribution in [1.82, 2.24) is 20.2 Å². The lowest BCUT2D eigenvalue weighted by atomic mass is 10.2. The average Bonchev–Trinajstić information content (AvgIpc) is 3.11. The maximum Gasteiger partial charge on any atom is 0.263 e. The number of nitrogens with zero attached hydrogens (tertiary/aromatic N) is 2. The van der Waals surface area contributed by atoms with Gasteiger partial charge in [-0.1, -0.05) is 12.1 Å². The molecule has 27 heavy (non-hydrogen) atoms. The topological polar surface area (TPSA) is 78.1 Å². The van der Waals surface area contributed by atoms with Crippen molar-refractivity contribution in [2.75, 3.05) is 14.1 Å². The van der Waals surface area contributed by atoms with Gasteiger partial charge in [-0.15, -0.1) is 11.3 Å². The van der Waals surface area contributed by atoms with Crippen LogP contribution in [0.5, 0.6) is 0 Å². The summed E-state index contributed by atoms with van der Waals surface area (Å²) in [6.45, 7) is 1.95. The predicted octanol–water partition coefficient (Wildman–Crippen LogP) is 3.31. The zero-order chi connectivity index (χ0) is 19.1. The number of amides is 2. The molecule has 0 spiro atoms. The second-order valence-electron chi connectivity index (χ2n) is 7.22. The number of aromatic amines is 1. The van der Waals surface area contributed by atoms with E-state index in [-0.39, 0.29) is 29.7 Å². The molecular weight excluding hydrogens is 360 g/mol. The quantitative estimate of drug-likeness (QED) is 0.711. The first-order valence-electron chi connectivity index (χ1n) is 9.00. The van der Waals surface area contributed by atoms with Crippen molar-refractivity contribution in [2.45, 2.75) is 25.3 Å². The predicted molar refractivity (Wildman–Crippen MR) is 106 cm³/mol. The van der Waals surface area contributed by atoms with E-state index >= 15 is 0 Å². The van der Waals surface area contributed by atoms with Crippen molar-refractivity contribution in [3.8, 4) is 0 Å². The van der Waals surface area contributed by atoms with Crippen molar-refractivity contribution in [3.63, 3.8) is 0 Å². The number of hydrogen-bond acceptors (Lipinski definition) is 4. The Kier molecular flexibility index (Phi) is 4.47. The minimum absolute atomic E-state index is 0.0167. The molecule has 1 aliphatic rings. The van der Waals surface area contributed by atoms with E-state index in [9.17, 15) is 9.59 Å². The second-order valence-corrected chi connectivity index (χ2v) is 8.34. The van der Waals surface area contributed by atoms with Gasteiger partial charge in [-0.05, 0) is 37.6 Å². The van der Waals surface area contributed by atoms with E-state index in [0.29, 0.717) is 4.88 Å². The van der Waals surface area contributed by atoms with Crippen LogP contribution in [0.4, 0.5) is 0 Å². The zero-order valence-electron chi connectivity index (χ0n) is 15.5. The summed E-state index contributed by atoms with van der Waals surface area (Å²) in [7, 11) is 3.47. The van der Waals surface area contributed by atoms with E-state index in [1.807, 2.05) is 43.3 Å². The molecule has 0 aliphatic heterocycles. The van der Waals surface area contributed by atoms with E-state index in [2.05, 4.69) is 15.3 Å². The maximum atomic E-state index is 12.6. The van der Waals surface area contributed by atoms with E-state index < -0.39 is 0 Å². The number of para-hydroxylation sites is 2. The third-order valence-electron chi connectivity index (χ3n) is 4.92. The Morgan fingerprint density at radius 2 is 2.04 bits per heavy atom. The number of benzene rings is 1. The molecule has 3 atom stereocenters. The number of aromatic nitrogens is 2. The highest BCUT2D eigenvalue weighted by molar-refractivity contribution is 7.14. The Morgan fingerprint density at radius 1 is 1.26 bits per heavy atom. The SMILES string of the molecule is CC(NC(=O)[C@@H]1C[C@H]1c1nc2ccccc2[nH]1)c1ccc(C(=O)N(C)C)s1. The molecule has 1 unspecified atom stereocenters. The van der Waals surface area contributed by atoms with Gasteiger partial charge < -0.3 is 15.2 Å². The molecule has 3 aromatic rings. The fourth-order valence-corrected chi connectivity index (χ4v) is 4.28. The normalized spacial score (nSPS) is 19.7. The number of carbonyl (C=O) groups excluding carboxylic acids is 2. The second kappa shape index (κ2) is 6.81. The Bertz CT molecular complexity index is 973. The Balaban J connectivity index is 1.39. The lowest BCUT2D eigenvalue weighted by Gasteiger charge is -2.12. The number of fused-ring (bicyclic) bond motifs is 1. The average molecular weight is 382 g/mol. The summed E-state index contributed by atoms with van der Waals surface area (Å²) < 4.78 is 0. The lowest BCUT2D eigenvalue weighted by molar-refractivity contribution is -0.123. The molecular formula is C20H22N4O2S. The molecule has 0 radical (unpaired) electrons. The van der Waals surface area contributed by atoms with E-state index in [4.69, 9.17) is 0 Å². The third kappa shape index (κ3) is 3.47.